The Morgan fingerprint density at radius 2 is 2.08 bits per heavy atom. The van der Waals surface area contributed by atoms with Crippen molar-refractivity contribution in [2.24, 2.45) is 0 Å². The van der Waals surface area contributed by atoms with Crippen molar-refractivity contribution in [2.45, 2.75) is 25.2 Å². The molecule has 1 aliphatic carbocycles. The highest BCUT2D eigenvalue weighted by Gasteiger charge is 2.58. The third-order valence-electron chi connectivity index (χ3n) is 2.44. The molecule has 1 aromatic carbocycles. The van der Waals surface area contributed by atoms with Crippen LogP contribution < -0.4 is 5.73 Å². The number of alkyl halides is 2. The van der Waals surface area contributed by atoms with Gasteiger partial charge in [-0.25, -0.2) is 8.78 Å². The van der Waals surface area contributed by atoms with E-state index in [1.807, 2.05) is 13.0 Å². The number of anilines is 1. The first-order chi connectivity index (χ1) is 6.00. The molecule has 1 nitrogen and oxygen atoms in total. The average Bonchev–Trinajstić information content (AvgIpc) is 2.59. The van der Waals surface area contributed by atoms with Crippen LogP contribution in [0.15, 0.2) is 18.2 Å². The standard InChI is InChI=1S/C10H11F2N/c1-6-2-3-7(9(13)4-6)8-5-10(8,11)12/h2-4,8H,5,13H2,1H3. The molecule has 1 aliphatic rings. The van der Waals surface area contributed by atoms with E-state index in [9.17, 15) is 8.78 Å². The molecular formula is C10H11F2N. The second-order valence-corrected chi connectivity index (χ2v) is 3.65. The van der Waals surface area contributed by atoms with Crippen molar-refractivity contribution in [3.8, 4) is 0 Å². The Bertz CT molecular complexity index is 347. The van der Waals surface area contributed by atoms with Crippen molar-refractivity contribution in [3.05, 3.63) is 29.3 Å². The molecule has 0 saturated heterocycles. The zero-order valence-electron chi connectivity index (χ0n) is 7.35. The molecular weight excluding hydrogens is 172 g/mol. The summed E-state index contributed by atoms with van der Waals surface area (Å²) in [4.78, 5) is 0. The Balaban J connectivity index is 2.33. The van der Waals surface area contributed by atoms with E-state index in [0.717, 1.165) is 5.56 Å². The van der Waals surface area contributed by atoms with Gasteiger partial charge in [0.05, 0.1) is 5.92 Å². The minimum Gasteiger partial charge on any atom is -0.398 e. The quantitative estimate of drug-likeness (QED) is 0.665. The zero-order chi connectivity index (χ0) is 9.64. The lowest BCUT2D eigenvalue weighted by Crippen LogP contribution is -1.98. The minimum atomic E-state index is -2.52. The van der Waals surface area contributed by atoms with Crippen molar-refractivity contribution in [1.29, 1.82) is 0 Å². The third-order valence-corrected chi connectivity index (χ3v) is 2.44. The van der Waals surface area contributed by atoms with Crippen molar-refractivity contribution < 1.29 is 8.78 Å². The molecule has 0 spiro atoms. The van der Waals surface area contributed by atoms with Gasteiger partial charge in [-0.1, -0.05) is 12.1 Å². The summed E-state index contributed by atoms with van der Waals surface area (Å²) in [5.41, 5.74) is 7.74. The number of nitrogens with two attached hydrogens (primary N) is 1. The SMILES string of the molecule is Cc1ccc(C2CC2(F)F)c(N)c1. The van der Waals surface area contributed by atoms with E-state index in [0.29, 0.717) is 11.3 Å². The van der Waals surface area contributed by atoms with Crippen LogP contribution in [0.5, 0.6) is 0 Å². The molecule has 0 aromatic heterocycles. The van der Waals surface area contributed by atoms with Gasteiger partial charge in [0.2, 0.25) is 0 Å². The zero-order valence-corrected chi connectivity index (χ0v) is 7.35. The van der Waals surface area contributed by atoms with E-state index in [4.69, 9.17) is 5.73 Å². The van der Waals surface area contributed by atoms with Crippen LogP contribution in [0.1, 0.15) is 23.5 Å². The van der Waals surface area contributed by atoms with Crippen LogP contribution in [0, 0.1) is 6.92 Å². The first kappa shape index (κ1) is 8.48. The Kier molecular flexibility index (Phi) is 1.59. The Labute approximate surface area is 75.6 Å². The maximum atomic E-state index is 12.7. The monoisotopic (exact) mass is 183 g/mol. The molecule has 1 saturated carbocycles. The van der Waals surface area contributed by atoms with Gasteiger partial charge < -0.3 is 5.73 Å². The van der Waals surface area contributed by atoms with Crippen LogP contribution in [0.25, 0.3) is 0 Å². The predicted molar refractivity (Wildman–Crippen MR) is 47.9 cm³/mol. The molecule has 1 aromatic rings. The molecule has 70 valence electrons. The number of nitrogen functional groups attached to an aromatic ring is 1. The summed E-state index contributed by atoms with van der Waals surface area (Å²) in [6.07, 6.45) is -0.0553. The fraction of sp³-hybridized carbons (Fsp3) is 0.400. The molecule has 0 bridgehead atoms. The van der Waals surface area contributed by atoms with Crippen molar-refractivity contribution in [3.63, 3.8) is 0 Å². The topological polar surface area (TPSA) is 26.0 Å². The highest BCUT2D eigenvalue weighted by atomic mass is 19.3. The van der Waals surface area contributed by atoms with Gasteiger partial charge >= 0.3 is 0 Å². The average molecular weight is 183 g/mol. The fourth-order valence-corrected chi connectivity index (χ4v) is 1.56. The number of benzene rings is 1. The summed E-state index contributed by atoms with van der Waals surface area (Å²) in [6, 6.07) is 5.26. The van der Waals surface area contributed by atoms with Gasteiger partial charge in [-0.3, -0.25) is 0 Å². The Morgan fingerprint density at radius 1 is 1.46 bits per heavy atom. The number of hydrogen-bond acceptors (Lipinski definition) is 1. The maximum absolute atomic E-state index is 12.7. The Morgan fingerprint density at radius 3 is 2.54 bits per heavy atom. The molecule has 0 radical (unpaired) electrons. The predicted octanol–water partition coefficient (Wildman–Crippen LogP) is 2.70. The number of hydrogen-bond donors (Lipinski definition) is 1. The number of rotatable bonds is 1. The summed E-state index contributed by atoms with van der Waals surface area (Å²) in [6.45, 7) is 1.89. The first-order valence-corrected chi connectivity index (χ1v) is 4.24. The molecule has 1 fully saturated rings. The second kappa shape index (κ2) is 2.44. The van der Waals surface area contributed by atoms with Crippen LogP contribution in [-0.2, 0) is 0 Å². The van der Waals surface area contributed by atoms with Crippen molar-refractivity contribution in [2.75, 3.05) is 5.73 Å². The lowest BCUT2D eigenvalue weighted by atomic mass is 10.1. The van der Waals surface area contributed by atoms with E-state index in [-0.39, 0.29) is 6.42 Å². The minimum absolute atomic E-state index is 0.0553. The van der Waals surface area contributed by atoms with E-state index < -0.39 is 11.8 Å². The van der Waals surface area contributed by atoms with Gasteiger partial charge in [0.15, 0.2) is 0 Å². The lowest BCUT2D eigenvalue weighted by molar-refractivity contribution is 0.112. The highest BCUT2D eigenvalue weighted by molar-refractivity contribution is 5.53. The van der Waals surface area contributed by atoms with Crippen LogP contribution in [0.3, 0.4) is 0 Å². The van der Waals surface area contributed by atoms with Crippen LogP contribution in [0.2, 0.25) is 0 Å². The number of halogens is 2. The Hall–Kier alpha value is -1.12. The molecule has 1 atom stereocenters. The van der Waals surface area contributed by atoms with Gasteiger partial charge in [0.1, 0.15) is 0 Å². The molecule has 2 N–H and O–H groups in total. The molecule has 1 unspecified atom stereocenters. The van der Waals surface area contributed by atoms with Gasteiger partial charge in [0.25, 0.3) is 5.92 Å². The van der Waals surface area contributed by atoms with E-state index >= 15 is 0 Å². The largest absolute Gasteiger partial charge is 0.398 e. The normalized spacial score (nSPS) is 24.4. The van der Waals surface area contributed by atoms with Crippen LogP contribution >= 0.6 is 0 Å². The van der Waals surface area contributed by atoms with Gasteiger partial charge in [-0.05, 0) is 24.1 Å². The molecule has 0 amide bonds. The van der Waals surface area contributed by atoms with Crippen molar-refractivity contribution in [1.82, 2.24) is 0 Å². The highest BCUT2D eigenvalue weighted by Crippen LogP contribution is 2.56. The first-order valence-electron chi connectivity index (χ1n) is 4.24. The van der Waals surface area contributed by atoms with Gasteiger partial charge in [0, 0.05) is 12.1 Å². The van der Waals surface area contributed by atoms with Crippen molar-refractivity contribution >= 4 is 5.69 Å². The van der Waals surface area contributed by atoms with Gasteiger partial charge in [-0.2, -0.15) is 0 Å². The summed E-state index contributed by atoms with van der Waals surface area (Å²) in [5, 5.41) is 0. The molecule has 3 heteroatoms. The third kappa shape index (κ3) is 1.39. The molecule has 0 aliphatic heterocycles. The molecule has 13 heavy (non-hydrogen) atoms. The molecule has 0 heterocycles. The summed E-state index contributed by atoms with van der Waals surface area (Å²) < 4.78 is 25.4. The summed E-state index contributed by atoms with van der Waals surface area (Å²) >= 11 is 0. The van der Waals surface area contributed by atoms with E-state index in [1.54, 1.807) is 12.1 Å². The summed E-state index contributed by atoms with van der Waals surface area (Å²) in [7, 11) is 0. The van der Waals surface area contributed by atoms with Crippen LogP contribution in [0.4, 0.5) is 14.5 Å². The summed E-state index contributed by atoms with van der Waals surface area (Å²) in [5.74, 6) is -3.17. The molecule has 2 rings (SSSR count). The fourth-order valence-electron chi connectivity index (χ4n) is 1.56. The van der Waals surface area contributed by atoms with Gasteiger partial charge in [-0.15, -0.1) is 0 Å². The second-order valence-electron chi connectivity index (χ2n) is 3.65. The van der Waals surface area contributed by atoms with E-state index in [1.165, 1.54) is 0 Å². The maximum Gasteiger partial charge on any atom is 0.256 e. The van der Waals surface area contributed by atoms with Crippen LogP contribution in [-0.4, -0.2) is 5.92 Å². The number of aryl methyl sites for hydroxylation is 1. The lowest BCUT2D eigenvalue weighted by Gasteiger charge is -2.04. The van der Waals surface area contributed by atoms with E-state index in [2.05, 4.69) is 0 Å². The smallest absolute Gasteiger partial charge is 0.256 e.